The summed E-state index contributed by atoms with van der Waals surface area (Å²) in [6, 6.07) is 24.2. The average molecular weight is 654 g/mol. The molecule has 0 aliphatic carbocycles. The number of benzene rings is 3. The number of fused-ring (bicyclic) bond motifs is 2. The van der Waals surface area contributed by atoms with Gasteiger partial charge in [-0.15, -0.1) is 0 Å². The first-order valence-corrected chi connectivity index (χ1v) is 14.9. The van der Waals surface area contributed by atoms with E-state index in [-0.39, 0.29) is 5.56 Å². The minimum absolute atomic E-state index is 0.300. The minimum Gasteiger partial charge on any atom is -0.479 e. The molecule has 10 heteroatoms. The number of rotatable bonds is 8. The van der Waals surface area contributed by atoms with Gasteiger partial charge in [-0.1, -0.05) is 28.1 Å². The van der Waals surface area contributed by atoms with Crippen molar-refractivity contribution in [2.24, 2.45) is 5.10 Å². The molecule has 0 aliphatic rings. The largest absolute Gasteiger partial charge is 0.479 e. The maximum Gasteiger partial charge on any atom is 0.347 e. The van der Waals surface area contributed by atoms with Crippen LogP contribution in [0.2, 0.25) is 0 Å². The molecule has 6 rings (SSSR count). The lowest BCUT2D eigenvalue weighted by atomic mass is 10.2. The Balaban J connectivity index is 1.36. The molecule has 3 aromatic heterocycles. The van der Waals surface area contributed by atoms with Crippen LogP contribution in [0.3, 0.4) is 0 Å². The fourth-order valence-corrected chi connectivity index (χ4v) is 5.51. The predicted octanol–water partition coefficient (Wildman–Crippen LogP) is 7.19. The number of nitrogens with zero attached hydrogens (tertiary/aromatic N) is 4. The van der Waals surface area contributed by atoms with Crippen LogP contribution in [0, 0.1) is 13.8 Å². The molecule has 3 aromatic carbocycles. The Morgan fingerprint density at radius 1 is 1.07 bits per heavy atom. The predicted molar refractivity (Wildman–Crippen MR) is 174 cm³/mol. The Labute approximate surface area is 261 Å². The Kier molecular flexibility index (Phi) is 7.92. The van der Waals surface area contributed by atoms with Crippen LogP contribution in [0.1, 0.15) is 30.8 Å². The molecular formula is C34H29BrN4O5. The third-order valence-electron chi connectivity index (χ3n) is 7.26. The number of para-hydroxylation sites is 1. The highest BCUT2D eigenvalue weighted by Gasteiger charge is 2.18. The third kappa shape index (κ3) is 5.56. The molecule has 0 N–H and O–H groups in total. The van der Waals surface area contributed by atoms with Crippen LogP contribution >= 0.6 is 15.9 Å². The van der Waals surface area contributed by atoms with E-state index in [1.807, 2.05) is 74.5 Å². The van der Waals surface area contributed by atoms with Gasteiger partial charge in [0, 0.05) is 32.5 Å². The summed E-state index contributed by atoms with van der Waals surface area (Å²) >= 11 is 3.50. The van der Waals surface area contributed by atoms with E-state index in [2.05, 4.69) is 25.6 Å². The maximum atomic E-state index is 13.7. The van der Waals surface area contributed by atoms with Gasteiger partial charge in [0.25, 0.3) is 5.56 Å². The van der Waals surface area contributed by atoms with Crippen molar-refractivity contribution >= 4 is 50.0 Å². The van der Waals surface area contributed by atoms with Crippen LogP contribution < -0.4 is 10.3 Å². The number of furan rings is 1. The summed E-state index contributed by atoms with van der Waals surface area (Å²) < 4.78 is 21.2. The zero-order valence-corrected chi connectivity index (χ0v) is 26.2. The molecule has 0 spiro atoms. The minimum atomic E-state index is -0.710. The maximum absolute atomic E-state index is 13.7. The number of carbonyl (C=O) groups excluding carboxylic acids is 1. The first kappa shape index (κ1) is 29.1. The van der Waals surface area contributed by atoms with Crippen molar-refractivity contribution in [1.29, 1.82) is 0 Å². The zero-order chi connectivity index (χ0) is 31.0. The van der Waals surface area contributed by atoms with E-state index in [4.69, 9.17) is 18.9 Å². The van der Waals surface area contributed by atoms with E-state index >= 15 is 0 Å². The highest BCUT2D eigenvalue weighted by atomic mass is 79.9. The van der Waals surface area contributed by atoms with Crippen molar-refractivity contribution in [3.63, 3.8) is 0 Å². The molecule has 222 valence electrons. The first-order chi connectivity index (χ1) is 21.2. The van der Waals surface area contributed by atoms with Gasteiger partial charge in [0.15, 0.2) is 11.9 Å². The number of hydrogen-bond acceptors (Lipinski definition) is 7. The van der Waals surface area contributed by atoms with Crippen molar-refractivity contribution in [1.82, 2.24) is 14.2 Å². The van der Waals surface area contributed by atoms with E-state index in [0.717, 1.165) is 32.5 Å². The normalized spacial score (nSPS) is 12.3. The molecule has 9 nitrogen and oxygen atoms in total. The van der Waals surface area contributed by atoms with E-state index < -0.39 is 12.1 Å². The number of ether oxygens (including phenoxy) is 2. The highest BCUT2D eigenvalue weighted by Crippen LogP contribution is 2.29. The van der Waals surface area contributed by atoms with Crippen molar-refractivity contribution in [3.8, 4) is 23.0 Å². The summed E-state index contributed by atoms with van der Waals surface area (Å²) in [5.41, 5.74) is 4.58. The van der Waals surface area contributed by atoms with Crippen LogP contribution in [0.4, 0.5) is 0 Å². The number of hydrogen-bond donors (Lipinski definition) is 0. The van der Waals surface area contributed by atoms with Gasteiger partial charge >= 0.3 is 5.97 Å². The second-order valence-electron chi connectivity index (χ2n) is 10.3. The van der Waals surface area contributed by atoms with Crippen LogP contribution in [0.25, 0.3) is 39.1 Å². The van der Waals surface area contributed by atoms with E-state index in [9.17, 15) is 9.59 Å². The lowest BCUT2D eigenvalue weighted by Crippen LogP contribution is -2.26. The fraction of sp³-hybridized carbons (Fsp3) is 0.176. The Bertz CT molecular complexity index is 2110. The standard InChI is InChI=1S/C34H29BrN4O5/c1-5-42-34(41)22(4)43-27-13-11-26(12-14-27)38-20(2)16-24(21(38)3)19-36-39-32(37-29-9-7-6-8-28(29)33(39)40)31-18-23-17-25(35)10-15-30(23)44-31/h6-19,22H,5H2,1-4H3/t22-/m1/s1. The quantitative estimate of drug-likeness (QED) is 0.127. The van der Waals surface area contributed by atoms with Crippen LogP contribution in [0.5, 0.6) is 5.75 Å². The van der Waals surface area contributed by atoms with Gasteiger partial charge in [-0.3, -0.25) is 4.79 Å². The molecule has 0 saturated carbocycles. The van der Waals surface area contributed by atoms with Gasteiger partial charge < -0.3 is 18.5 Å². The second kappa shape index (κ2) is 12.0. The van der Waals surface area contributed by atoms with Crippen molar-refractivity contribution in [2.75, 3.05) is 6.61 Å². The highest BCUT2D eigenvalue weighted by molar-refractivity contribution is 9.10. The molecular weight excluding hydrogens is 624 g/mol. The summed E-state index contributed by atoms with van der Waals surface area (Å²) in [6.45, 7) is 7.71. The molecule has 3 heterocycles. The molecule has 44 heavy (non-hydrogen) atoms. The van der Waals surface area contributed by atoms with Crippen molar-refractivity contribution in [2.45, 2.75) is 33.8 Å². The molecule has 1 atom stereocenters. The SMILES string of the molecule is CCOC(=O)[C@@H](C)Oc1ccc(-n2c(C)cc(C=Nn3c(-c4cc5cc(Br)ccc5o4)nc4ccccc4c3=O)c2C)cc1. The molecule has 0 bridgehead atoms. The lowest BCUT2D eigenvalue weighted by Gasteiger charge is -2.14. The summed E-state index contributed by atoms with van der Waals surface area (Å²) in [6.07, 6.45) is 0.954. The Morgan fingerprint density at radius 3 is 2.61 bits per heavy atom. The number of aromatic nitrogens is 3. The number of carbonyl (C=O) groups is 1. The van der Waals surface area contributed by atoms with E-state index in [1.54, 1.807) is 38.3 Å². The van der Waals surface area contributed by atoms with E-state index in [0.29, 0.717) is 40.4 Å². The topological polar surface area (TPSA) is 101 Å². The Hall–Kier alpha value is -4.96. The molecule has 0 aliphatic heterocycles. The number of aryl methyl sites for hydroxylation is 1. The molecule has 6 aromatic rings. The molecule has 0 radical (unpaired) electrons. The summed E-state index contributed by atoms with van der Waals surface area (Å²) in [5, 5.41) is 5.98. The smallest absolute Gasteiger partial charge is 0.347 e. The van der Waals surface area contributed by atoms with Crippen LogP contribution in [-0.4, -0.2) is 39.1 Å². The summed E-state index contributed by atoms with van der Waals surface area (Å²) in [4.78, 5) is 30.4. The van der Waals surface area contributed by atoms with Gasteiger partial charge in [-0.05, 0) is 94.4 Å². The third-order valence-corrected chi connectivity index (χ3v) is 7.75. The van der Waals surface area contributed by atoms with Crippen molar-refractivity contribution in [3.05, 3.63) is 111 Å². The average Bonchev–Trinajstić information content (AvgIpc) is 3.56. The van der Waals surface area contributed by atoms with E-state index in [1.165, 1.54) is 4.68 Å². The molecule has 0 unspecified atom stereocenters. The van der Waals surface area contributed by atoms with Crippen LogP contribution in [-0.2, 0) is 9.53 Å². The Morgan fingerprint density at radius 2 is 1.84 bits per heavy atom. The molecule has 0 saturated heterocycles. The monoisotopic (exact) mass is 652 g/mol. The van der Waals surface area contributed by atoms with Gasteiger partial charge in [0.05, 0.1) is 23.7 Å². The molecule has 0 fully saturated rings. The first-order valence-electron chi connectivity index (χ1n) is 14.1. The van der Waals surface area contributed by atoms with Gasteiger partial charge in [-0.25, -0.2) is 9.78 Å². The number of esters is 1. The van der Waals surface area contributed by atoms with Crippen molar-refractivity contribution < 1.29 is 18.7 Å². The van der Waals surface area contributed by atoms with Gasteiger partial charge in [-0.2, -0.15) is 9.78 Å². The zero-order valence-electron chi connectivity index (χ0n) is 24.6. The number of halogens is 1. The second-order valence-corrected chi connectivity index (χ2v) is 11.2. The van der Waals surface area contributed by atoms with Gasteiger partial charge in [0.1, 0.15) is 11.3 Å². The summed E-state index contributed by atoms with van der Waals surface area (Å²) in [7, 11) is 0. The van der Waals surface area contributed by atoms with Crippen LogP contribution in [0.15, 0.2) is 97.6 Å². The lowest BCUT2D eigenvalue weighted by molar-refractivity contribution is -0.150. The fourth-order valence-electron chi connectivity index (χ4n) is 5.14. The van der Waals surface area contributed by atoms with Gasteiger partial charge in [0.2, 0.25) is 5.82 Å². The summed E-state index contributed by atoms with van der Waals surface area (Å²) in [5.74, 6) is 0.893. The molecule has 0 amide bonds.